The number of carbonyl (C=O) groups excluding carboxylic acids is 2. The third kappa shape index (κ3) is 4.56. The predicted molar refractivity (Wildman–Crippen MR) is 106 cm³/mol. The van der Waals surface area contributed by atoms with Crippen molar-refractivity contribution in [1.29, 1.82) is 0 Å². The molecule has 2 heterocycles. The van der Waals surface area contributed by atoms with Crippen molar-refractivity contribution in [2.45, 2.75) is 52.2 Å². The van der Waals surface area contributed by atoms with Crippen LogP contribution in [0.2, 0.25) is 0 Å². The highest BCUT2D eigenvalue weighted by atomic mass is 32.1. The van der Waals surface area contributed by atoms with E-state index in [0.29, 0.717) is 10.6 Å². The Kier molecular flexibility index (Phi) is 6.16. The molecule has 2 aromatic rings. The number of amides is 1. The minimum atomic E-state index is -0.631. The summed E-state index contributed by atoms with van der Waals surface area (Å²) in [6.45, 7) is 3.28. The highest BCUT2D eigenvalue weighted by Gasteiger charge is 2.28. The molecule has 0 atom stereocenters. The average molecular weight is 422 g/mol. The fourth-order valence-electron chi connectivity index (χ4n) is 3.20. The monoisotopic (exact) mass is 422 g/mol. The summed E-state index contributed by atoms with van der Waals surface area (Å²) < 4.78 is 11.4. The van der Waals surface area contributed by atoms with E-state index in [1.54, 1.807) is 13.8 Å². The molecule has 10 nitrogen and oxygen atoms in total. The molecule has 0 bridgehead atoms. The topological polar surface area (TPSA) is 126 Å². The Morgan fingerprint density at radius 2 is 2.10 bits per heavy atom. The summed E-state index contributed by atoms with van der Waals surface area (Å²) in [6.07, 6.45) is 4.51. The zero-order valence-corrected chi connectivity index (χ0v) is 17.2. The van der Waals surface area contributed by atoms with E-state index in [1.165, 1.54) is 18.4 Å². The van der Waals surface area contributed by atoms with Crippen LogP contribution in [0.1, 0.15) is 47.5 Å². The van der Waals surface area contributed by atoms with Gasteiger partial charge in [0.25, 0.3) is 0 Å². The van der Waals surface area contributed by atoms with Crippen molar-refractivity contribution in [1.82, 2.24) is 9.78 Å². The molecule has 1 amide bonds. The number of aryl methyl sites for hydroxylation is 1. The van der Waals surface area contributed by atoms with Gasteiger partial charge >= 0.3 is 17.5 Å². The number of carbonyl (C=O) groups is 2. The van der Waals surface area contributed by atoms with Crippen molar-refractivity contribution in [3.8, 4) is 5.88 Å². The van der Waals surface area contributed by atoms with Crippen molar-refractivity contribution >= 4 is 33.9 Å². The summed E-state index contributed by atoms with van der Waals surface area (Å²) in [7, 11) is 1.27. The number of thiophene rings is 1. The minimum Gasteiger partial charge on any atom is -0.475 e. The Hall–Kier alpha value is -2.95. The maximum absolute atomic E-state index is 12.6. The van der Waals surface area contributed by atoms with Crippen molar-refractivity contribution in [3.63, 3.8) is 0 Å². The Bertz CT molecular complexity index is 949. The zero-order valence-electron chi connectivity index (χ0n) is 16.4. The number of fused-ring (bicyclic) bond motifs is 1. The maximum atomic E-state index is 12.6. The molecule has 0 unspecified atom stereocenters. The standard InChI is InChI=1S/C18H22N4O6S/c1-10(2)28-18(24)15-11-6-4-5-7-13(11)29-17(15)19-14(23)9-21-8-12(22(25)26)16(20-21)27-3/h8,10H,4-7,9H2,1-3H3,(H,19,23). The summed E-state index contributed by atoms with van der Waals surface area (Å²) in [6, 6.07) is 0. The first-order chi connectivity index (χ1) is 13.8. The van der Waals surface area contributed by atoms with Gasteiger partial charge in [0.15, 0.2) is 0 Å². The minimum absolute atomic E-state index is 0.171. The number of esters is 1. The van der Waals surface area contributed by atoms with Gasteiger partial charge in [-0.2, -0.15) is 0 Å². The number of nitro groups is 1. The van der Waals surface area contributed by atoms with Gasteiger partial charge in [-0.25, -0.2) is 4.79 Å². The maximum Gasteiger partial charge on any atom is 0.350 e. The molecule has 0 radical (unpaired) electrons. The molecule has 0 saturated heterocycles. The van der Waals surface area contributed by atoms with E-state index in [2.05, 4.69) is 10.4 Å². The molecule has 0 fully saturated rings. The number of hydrogen-bond donors (Lipinski definition) is 1. The lowest BCUT2D eigenvalue weighted by Gasteiger charge is -2.14. The number of anilines is 1. The first kappa shape index (κ1) is 20.8. The molecule has 1 aliphatic carbocycles. The molecule has 1 aliphatic rings. The molecule has 0 saturated carbocycles. The molecule has 29 heavy (non-hydrogen) atoms. The first-order valence-corrected chi connectivity index (χ1v) is 10.0. The number of rotatable bonds is 7. The number of methoxy groups -OCH3 is 1. The third-order valence-corrected chi connectivity index (χ3v) is 5.58. The van der Waals surface area contributed by atoms with Gasteiger partial charge in [0.05, 0.1) is 23.7 Å². The van der Waals surface area contributed by atoms with Gasteiger partial charge in [0, 0.05) is 4.88 Å². The van der Waals surface area contributed by atoms with Gasteiger partial charge in [-0.3, -0.25) is 19.6 Å². The molecular weight excluding hydrogens is 400 g/mol. The van der Waals surface area contributed by atoms with E-state index in [4.69, 9.17) is 9.47 Å². The highest BCUT2D eigenvalue weighted by molar-refractivity contribution is 7.17. The van der Waals surface area contributed by atoms with Crippen molar-refractivity contribution in [2.75, 3.05) is 12.4 Å². The van der Waals surface area contributed by atoms with Crippen LogP contribution in [0.15, 0.2) is 6.20 Å². The normalized spacial score (nSPS) is 13.1. The lowest BCUT2D eigenvalue weighted by Crippen LogP contribution is -2.21. The van der Waals surface area contributed by atoms with Crippen LogP contribution >= 0.6 is 11.3 Å². The fraction of sp³-hybridized carbons (Fsp3) is 0.500. The molecular formula is C18H22N4O6S. The van der Waals surface area contributed by atoms with Crippen molar-refractivity contribution < 1.29 is 24.0 Å². The van der Waals surface area contributed by atoms with Crippen LogP contribution in [0, 0.1) is 10.1 Å². The number of nitrogens with one attached hydrogen (secondary N) is 1. The molecule has 3 rings (SSSR count). The fourth-order valence-corrected chi connectivity index (χ4v) is 4.49. The van der Waals surface area contributed by atoms with E-state index in [-0.39, 0.29) is 24.2 Å². The quantitative estimate of drug-likeness (QED) is 0.413. The third-order valence-electron chi connectivity index (χ3n) is 4.38. The number of ether oxygens (including phenoxy) is 2. The summed E-state index contributed by atoms with van der Waals surface area (Å²) >= 11 is 1.38. The lowest BCUT2D eigenvalue weighted by molar-refractivity contribution is -0.385. The van der Waals surface area contributed by atoms with Gasteiger partial charge in [-0.1, -0.05) is 0 Å². The van der Waals surface area contributed by atoms with E-state index in [0.717, 1.165) is 47.0 Å². The number of hydrogen-bond acceptors (Lipinski definition) is 8. The van der Waals surface area contributed by atoms with Crippen LogP contribution in [0.4, 0.5) is 10.7 Å². The largest absolute Gasteiger partial charge is 0.475 e. The van der Waals surface area contributed by atoms with E-state index in [9.17, 15) is 19.7 Å². The van der Waals surface area contributed by atoms with Crippen LogP contribution in [0.5, 0.6) is 5.88 Å². The molecule has 11 heteroatoms. The second-order valence-electron chi connectivity index (χ2n) is 6.90. The number of aromatic nitrogens is 2. The Morgan fingerprint density at radius 3 is 2.72 bits per heavy atom. The van der Waals surface area contributed by atoms with Crippen LogP contribution in [-0.4, -0.2) is 39.8 Å². The summed E-state index contributed by atoms with van der Waals surface area (Å²) in [5.74, 6) is -1.08. The van der Waals surface area contributed by atoms with Crippen molar-refractivity contribution in [3.05, 3.63) is 32.3 Å². The smallest absolute Gasteiger partial charge is 0.350 e. The second kappa shape index (κ2) is 8.60. The van der Waals surface area contributed by atoms with Crippen LogP contribution in [0.25, 0.3) is 0 Å². The summed E-state index contributed by atoms with van der Waals surface area (Å²) in [4.78, 5) is 36.6. The molecule has 2 aromatic heterocycles. The van der Waals surface area contributed by atoms with Crippen LogP contribution in [0.3, 0.4) is 0 Å². The van der Waals surface area contributed by atoms with Gasteiger partial charge in [0.2, 0.25) is 5.91 Å². The van der Waals surface area contributed by atoms with Gasteiger partial charge in [-0.05, 0) is 45.1 Å². The Labute approximate surface area is 170 Å². The number of nitrogens with zero attached hydrogens (tertiary/aromatic N) is 3. The predicted octanol–water partition coefficient (Wildman–Crippen LogP) is 2.94. The molecule has 0 spiro atoms. The SMILES string of the molecule is COc1nn(CC(=O)Nc2sc3c(c2C(=O)OC(C)C)CCCC3)cc1[N+](=O)[O-]. The summed E-state index contributed by atoms with van der Waals surface area (Å²) in [5, 5.41) is 18.1. The highest BCUT2D eigenvalue weighted by Crippen LogP contribution is 2.38. The van der Waals surface area contributed by atoms with Crippen molar-refractivity contribution in [2.24, 2.45) is 0 Å². The van der Waals surface area contributed by atoms with Gasteiger partial charge in [-0.15, -0.1) is 16.4 Å². The van der Waals surface area contributed by atoms with Crippen LogP contribution < -0.4 is 10.1 Å². The van der Waals surface area contributed by atoms with Crippen LogP contribution in [-0.2, 0) is 28.9 Å². The molecule has 0 aliphatic heterocycles. The Balaban J connectivity index is 1.82. The Morgan fingerprint density at radius 1 is 1.38 bits per heavy atom. The molecule has 156 valence electrons. The van der Waals surface area contributed by atoms with Gasteiger partial charge < -0.3 is 14.8 Å². The van der Waals surface area contributed by atoms with E-state index in [1.807, 2.05) is 0 Å². The molecule has 1 N–H and O–H groups in total. The van der Waals surface area contributed by atoms with Gasteiger partial charge in [0.1, 0.15) is 17.7 Å². The summed E-state index contributed by atoms with van der Waals surface area (Å²) in [5.41, 5.74) is 1.03. The van der Waals surface area contributed by atoms with E-state index >= 15 is 0 Å². The zero-order chi connectivity index (χ0) is 21.1. The average Bonchev–Trinajstić information content (AvgIpc) is 3.21. The first-order valence-electron chi connectivity index (χ1n) is 9.21. The molecule has 0 aromatic carbocycles. The van der Waals surface area contributed by atoms with E-state index < -0.39 is 16.8 Å². The second-order valence-corrected chi connectivity index (χ2v) is 8.00. The lowest BCUT2D eigenvalue weighted by atomic mass is 9.95.